The van der Waals surface area contributed by atoms with Crippen LogP contribution in [0.5, 0.6) is 0 Å². The van der Waals surface area contributed by atoms with Gasteiger partial charge in [0.1, 0.15) is 0 Å². The molecule has 1 saturated carbocycles. The molecule has 1 aliphatic carbocycles. The highest BCUT2D eigenvalue weighted by atomic mass is 16.1. The Bertz CT molecular complexity index is 1110. The van der Waals surface area contributed by atoms with E-state index in [4.69, 9.17) is 5.10 Å². The highest BCUT2D eigenvalue weighted by Crippen LogP contribution is 2.36. The van der Waals surface area contributed by atoms with Crippen LogP contribution in [0.15, 0.2) is 42.7 Å². The van der Waals surface area contributed by atoms with Crippen LogP contribution in [0.25, 0.3) is 10.8 Å². The SMILES string of the molecule is O=C1Nc2ccc(Cc3cnn(C4CCN(CC5CCC5)CC4)c3)c3cccc1c23. The number of hydrogen-bond donors (Lipinski definition) is 1. The molecule has 2 aliphatic heterocycles. The first kappa shape index (κ1) is 18.1. The molecule has 0 bridgehead atoms. The molecule has 0 atom stereocenters. The van der Waals surface area contributed by atoms with Gasteiger partial charge >= 0.3 is 0 Å². The lowest BCUT2D eigenvalue weighted by Crippen LogP contribution is -2.39. The van der Waals surface area contributed by atoms with Crippen molar-refractivity contribution < 1.29 is 4.79 Å². The molecule has 0 spiro atoms. The number of nitrogens with zero attached hydrogens (tertiary/aromatic N) is 3. The fourth-order valence-corrected chi connectivity index (χ4v) is 5.40. The van der Waals surface area contributed by atoms with Gasteiger partial charge in [-0.05, 0) is 60.2 Å². The molecule has 0 radical (unpaired) electrons. The molecule has 1 N–H and O–H groups in total. The molecular formula is C25H28N4O. The number of aromatic nitrogens is 2. The van der Waals surface area contributed by atoms with Gasteiger partial charge in [-0.3, -0.25) is 9.48 Å². The van der Waals surface area contributed by atoms with Crippen molar-refractivity contribution in [3.63, 3.8) is 0 Å². The minimum Gasteiger partial charge on any atom is -0.321 e. The Labute approximate surface area is 177 Å². The summed E-state index contributed by atoms with van der Waals surface area (Å²) in [5.74, 6) is 0.963. The zero-order valence-electron chi connectivity index (χ0n) is 17.3. The van der Waals surface area contributed by atoms with E-state index in [1.54, 1.807) is 0 Å². The standard InChI is InChI=1S/C25H28N4O/c30-25-22-6-2-5-21-19(7-8-23(27-25)24(21)22)13-18-14-26-29(16-18)20-9-11-28(12-10-20)15-17-3-1-4-17/h2,5-8,14,16-17,20H,1,3-4,9-13,15H2,(H,27,30). The number of likely N-dealkylation sites (tertiary alicyclic amines) is 1. The molecule has 3 heterocycles. The fraction of sp³-hybridized carbons (Fsp3) is 0.440. The van der Waals surface area contributed by atoms with Crippen molar-refractivity contribution in [1.82, 2.24) is 14.7 Å². The number of carbonyl (C=O) groups is 1. The van der Waals surface area contributed by atoms with Crippen LogP contribution < -0.4 is 5.32 Å². The lowest BCUT2D eigenvalue weighted by atomic mass is 9.84. The monoisotopic (exact) mass is 400 g/mol. The van der Waals surface area contributed by atoms with Crippen molar-refractivity contribution in [3.8, 4) is 0 Å². The van der Waals surface area contributed by atoms with Crippen LogP contribution in [0.2, 0.25) is 0 Å². The number of anilines is 1. The molecule has 30 heavy (non-hydrogen) atoms. The number of hydrogen-bond acceptors (Lipinski definition) is 3. The maximum atomic E-state index is 12.2. The van der Waals surface area contributed by atoms with Gasteiger partial charge in [-0.2, -0.15) is 5.10 Å². The van der Waals surface area contributed by atoms with Crippen molar-refractivity contribution >= 4 is 22.4 Å². The summed E-state index contributed by atoms with van der Waals surface area (Å²) in [6.07, 6.45) is 11.8. The van der Waals surface area contributed by atoms with E-state index in [2.05, 4.69) is 33.2 Å². The second-order valence-electron chi connectivity index (χ2n) is 9.29. The number of benzene rings is 2. The summed E-state index contributed by atoms with van der Waals surface area (Å²) in [7, 11) is 0. The van der Waals surface area contributed by atoms with Gasteiger partial charge in [-0.25, -0.2) is 0 Å². The summed E-state index contributed by atoms with van der Waals surface area (Å²) in [6, 6.07) is 10.7. The number of piperidine rings is 1. The van der Waals surface area contributed by atoms with E-state index in [-0.39, 0.29) is 5.91 Å². The van der Waals surface area contributed by atoms with Crippen LogP contribution in [0.1, 0.15) is 59.6 Å². The maximum absolute atomic E-state index is 12.2. The largest absolute Gasteiger partial charge is 0.321 e. The van der Waals surface area contributed by atoms with E-state index in [0.29, 0.717) is 6.04 Å². The minimum atomic E-state index is 0.00391. The Morgan fingerprint density at radius 2 is 1.93 bits per heavy atom. The molecule has 154 valence electrons. The molecule has 2 aromatic carbocycles. The minimum absolute atomic E-state index is 0.00391. The van der Waals surface area contributed by atoms with Crippen molar-refractivity contribution in [1.29, 1.82) is 0 Å². The molecule has 5 nitrogen and oxygen atoms in total. The molecule has 3 aromatic rings. The summed E-state index contributed by atoms with van der Waals surface area (Å²) in [5, 5.41) is 9.92. The van der Waals surface area contributed by atoms with E-state index in [9.17, 15) is 4.79 Å². The molecule has 5 heteroatoms. The average Bonchev–Trinajstić information content (AvgIpc) is 3.33. The first-order chi connectivity index (χ1) is 14.7. The smallest absolute Gasteiger partial charge is 0.256 e. The highest BCUT2D eigenvalue weighted by molar-refractivity contribution is 6.24. The Hall–Kier alpha value is -2.66. The summed E-state index contributed by atoms with van der Waals surface area (Å²) < 4.78 is 2.20. The predicted molar refractivity (Wildman–Crippen MR) is 119 cm³/mol. The van der Waals surface area contributed by atoms with Gasteiger partial charge < -0.3 is 10.2 Å². The molecule has 0 unspecified atom stereocenters. The number of carbonyl (C=O) groups excluding carboxylic acids is 1. The molecular weight excluding hydrogens is 372 g/mol. The molecule has 3 aliphatic rings. The molecule has 2 fully saturated rings. The van der Waals surface area contributed by atoms with Crippen molar-refractivity contribution in [3.05, 3.63) is 59.4 Å². The maximum Gasteiger partial charge on any atom is 0.256 e. The summed E-state index contributed by atoms with van der Waals surface area (Å²) in [5.41, 5.74) is 4.21. The zero-order chi connectivity index (χ0) is 20.1. The topological polar surface area (TPSA) is 50.2 Å². The Morgan fingerprint density at radius 1 is 1.07 bits per heavy atom. The van der Waals surface area contributed by atoms with Gasteiger partial charge in [-0.15, -0.1) is 0 Å². The van der Waals surface area contributed by atoms with E-state index < -0.39 is 0 Å². The first-order valence-corrected chi connectivity index (χ1v) is 11.4. The molecule has 1 aromatic heterocycles. The lowest BCUT2D eigenvalue weighted by Gasteiger charge is -2.36. The Kier molecular flexibility index (Phi) is 4.38. The average molecular weight is 401 g/mol. The van der Waals surface area contributed by atoms with Gasteiger partial charge in [0.05, 0.1) is 12.2 Å². The van der Waals surface area contributed by atoms with E-state index in [1.807, 2.05) is 24.4 Å². The highest BCUT2D eigenvalue weighted by Gasteiger charge is 2.26. The lowest BCUT2D eigenvalue weighted by molar-refractivity contribution is 0.103. The van der Waals surface area contributed by atoms with Crippen LogP contribution in [-0.4, -0.2) is 40.2 Å². The quantitative estimate of drug-likeness (QED) is 0.679. The summed E-state index contributed by atoms with van der Waals surface area (Å²) in [4.78, 5) is 14.8. The van der Waals surface area contributed by atoms with Crippen LogP contribution in [0.3, 0.4) is 0 Å². The van der Waals surface area contributed by atoms with Crippen molar-refractivity contribution in [2.45, 2.75) is 44.6 Å². The van der Waals surface area contributed by atoms with Crippen LogP contribution in [0.4, 0.5) is 5.69 Å². The molecule has 6 rings (SSSR count). The first-order valence-electron chi connectivity index (χ1n) is 11.4. The third-order valence-corrected chi connectivity index (χ3v) is 7.35. The van der Waals surface area contributed by atoms with E-state index >= 15 is 0 Å². The summed E-state index contributed by atoms with van der Waals surface area (Å²) >= 11 is 0. The van der Waals surface area contributed by atoms with Gasteiger partial charge in [0.2, 0.25) is 0 Å². The normalized spacial score (nSPS) is 19.9. The Morgan fingerprint density at radius 3 is 2.73 bits per heavy atom. The number of nitrogens with one attached hydrogen (secondary N) is 1. The number of rotatable bonds is 5. The fourth-order valence-electron chi connectivity index (χ4n) is 5.40. The third-order valence-electron chi connectivity index (χ3n) is 7.35. The van der Waals surface area contributed by atoms with Crippen LogP contribution >= 0.6 is 0 Å². The van der Waals surface area contributed by atoms with Crippen molar-refractivity contribution in [2.75, 3.05) is 25.0 Å². The number of amides is 1. The summed E-state index contributed by atoms with van der Waals surface area (Å²) in [6.45, 7) is 3.71. The van der Waals surface area contributed by atoms with E-state index in [1.165, 1.54) is 68.3 Å². The molecule has 1 amide bonds. The van der Waals surface area contributed by atoms with Crippen LogP contribution in [0, 0.1) is 5.92 Å². The molecule has 1 saturated heterocycles. The Balaban J connectivity index is 1.17. The second kappa shape index (κ2) is 7.24. The van der Waals surface area contributed by atoms with E-state index in [0.717, 1.165) is 29.0 Å². The zero-order valence-corrected chi connectivity index (χ0v) is 17.3. The van der Waals surface area contributed by atoms with Crippen LogP contribution in [-0.2, 0) is 6.42 Å². The van der Waals surface area contributed by atoms with Gasteiger partial charge in [-0.1, -0.05) is 24.6 Å². The third kappa shape index (κ3) is 3.12. The van der Waals surface area contributed by atoms with Gasteiger partial charge in [0.25, 0.3) is 5.91 Å². The van der Waals surface area contributed by atoms with Gasteiger partial charge in [0, 0.05) is 48.9 Å². The second-order valence-corrected chi connectivity index (χ2v) is 9.29. The predicted octanol–water partition coefficient (Wildman–Crippen LogP) is 4.63. The van der Waals surface area contributed by atoms with Gasteiger partial charge in [0.15, 0.2) is 0 Å². The van der Waals surface area contributed by atoms with Crippen molar-refractivity contribution in [2.24, 2.45) is 5.92 Å².